The van der Waals surface area contributed by atoms with Gasteiger partial charge in [-0.05, 0) is 101 Å². The van der Waals surface area contributed by atoms with Crippen LogP contribution < -0.4 is 0 Å². The predicted octanol–water partition coefficient (Wildman–Crippen LogP) is -4.05. The molecule has 0 aromatic rings. The van der Waals surface area contributed by atoms with Gasteiger partial charge in [0.05, 0.1) is 61.5 Å². The standard InChI is InChI=1S/C51H80O25/c52-19-34-39(60)42(63)45(66)49(73-34)71-32-17-27(55)16-31-28(32)18-33(47(70-31)24-6-10-26(54)11-7-24)72-51-48(44(65)41(62)36(75-51)21-69-37(58)13-4-22-1-8-25(53)9-2-22)76-50-46(67)43(64)40(61)35(74-50)20-68-38(59)14-5-23-3-12-29(56)30(57)15-23/h4-5,13-14,22-36,39-57,60-67H,1-3,6-12,15-21H2/t22?,23?,24?,25?,26?,27?,28?,29?,30?,31?,32?,33?,34-,35-,36-,39-,40-,41-,42+,43+,44+,45-,46-,47?,48-,49-,50+,51-/m1/s1. The molecule has 0 bridgehead atoms. The summed E-state index contributed by atoms with van der Waals surface area (Å²) >= 11 is 0. The van der Waals surface area contributed by atoms with Gasteiger partial charge in [0.2, 0.25) is 0 Å². The summed E-state index contributed by atoms with van der Waals surface area (Å²) in [4.78, 5) is 25.8. The van der Waals surface area contributed by atoms with E-state index in [9.17, 15) is 81.1 Å². The third-order valence-electron chi connectivity index (χ3n) is 16.8. The minimum atomic E-state index is -2.02. The summed E-state index contributed by atoms with van der Waals surface area (Å²) in [7, 11) is 0. The lowest BCUT2D eigenvalue weighted by Gasteiger charge is -2.52. The van der Waals surface area contributed by atoms with Crippen molar-refractivity contribution in [1.82, 2.24) is 0 Å². The highest BCUT2D eigenvalue weighted by Gasteiger charge is 2.56. The van der Waals surface area contributed by atoms with Crippen LogP contribution in [0.1, 0.15) is 89.9 Å². The first-order valence-corrected chi connectivity index (χ1v) is 27.0. The fraction of sp³-hybridized carbons (Fsp3) is 0.882. The largest absolute Gasteiger partial charge is 0.460 e. The summed E-state index contributed by atoms with van der Waals surface area (Å²) < 4.78 is 54.8. The van der Waals surface area contributed by atoms with Gasteiger partial charge in [-0.2, -0.15) is 0 Å². The van der Waals surface area contributed by atoms with Crippen molar-refractivity contribution >= 4 is 11.9 Å². The number of esters is 2. The number of carbonyl (C=O) groups is 2. The molecule has 8 rings (SSSR count). The molecule has 0 radical (unpaired) electrons. The monoisotopic (exact) mass is 1090 g/mol. The Morgan fingerprint density at radius 2 is 0.961 bits per heavy atom. The van der Waals surface area contributed by atoms with Gasteiger partial charge in [0.15, 0.2) is 18.9 Å². The lowest BCUT2D eigenvalue weighted by Crippen LogP contribution is -2.66. The highest BCUT2D eigenvalue weighted by Crippen LogP contribution is 2.45. The van der Waals surface area contributed by atoms with Crippen LogP contribution in [0.3, 0.4) is 0 Å². The average Bonchev–Trinajstić information content (AvgIpc) is 3.41. The third-order valence-corrected chi connectivity index (χ3v) is 16.8. The van der Waals surface area contributed by atoms with Crippen LogP contribution in [-0.2, 0) is 52.2 Å². The normalized spacial score (nSPS) is 48.6. The molecule has 8 aliphatic rings. The molecule has 4 aliphatic heterocycles. The van der Waals surface area contributed by atoms with E-state index in [-0.39, 0.29) is 43.4 Å². The van der Waals surface area contributed by atoms with Gasteiger partial charge in [-0.15, -0.1) is 0 Å². The number of allylic oxidation sites excluding steroid dienone is 2. The van der Waals surface area contributed by atoms with E-state index in [1.807, 2.05) is 0 Å². The molecule has 9 unspecified atom stereocenters. The smallest absolute Gasteiger partial charge is 0.330 e. The molecule has 0 aromatic carbocycles. The number of carbonyl (C=O) groups excluding carboxylic acids is 2. The fourth-order valence-corrected chi connectivity index (χ4v) is 12.1. The van der Waals surface area contributed by atoms with Crippen LogP contribution in [0, 0.1) is 23.7 Å². The summed E-state index contributed by atoms with van der Waals surface area (Å²) in [5, 5.41) is 150. The van der Waals surface area contributed by atoms with E-state index in [0.717, 1.165) is 6.08 Å². The number of fused-ring (bicyclic) bond motifs is 1. The van der Waals surface area contributed by atoms with E-state index in [4.69, 9.17) is 42.6 Å². The van der Waals surface area contributed by atoms with Crippen LogP contribution in [0.5, 0.6) is 0 Å². The van der Waals surface area contributed by atoms with Crippen LogP contribution in [0.4, 0.5) is 0 Å². The van der Waals surface area contributed by atoms with Gasteiger partial charge in [0, 0.05) is 24.5 Å². The Morgan fingerprint density at radius 3 is 1.57 bits per heavy atom. The number of hydrogen-bond acceptors (Lipinski definition) is 25. The second-order valence-corrected chi connectivity index (χ2v) is 22.2. The molecule has 4 saturated heterocycles. The Hall–Kier alpha value is -2.42. The molecule has 4 heterocycles. The Bertz CT molecular complexity index is 1900. The minimum absolute atomic E-state index is 0.0127. The number of aliphatic hydroxyl groups excluding tert-OH is 14. The Balaban J connectivity index is 1.03. The first kappa shape index (κ1) is 59.7. The number of rotatable bonds is 16. The molecule has 0 spiro atoms. The number of aliphatic hydroxyl groups is 14. The van der Waals surface area contributed by atoms with Crippen LogP contribution in [0.2, 0.25) is 0 Å². The third kappa shape index (κ3) is 14.5. The molecular weight excluding hydrogens is 1010 g/mol. The molecule has 4 saturated carbocycles. The Kier molecular flexibility index (Phi) is 21.1. The highest BCUT2D eigenvalue weighted by molar-refractivity contribution is 5.82. The van der Waals surface area contributed by atoms with Gasteiger partial charge >= 0.3 is 11.9 Å². The lowest BCUT2D eigenvalue weighted by molar-refractivity contribution is -0.380. The van der Waals surface area contributed by atoms with Gasteiger partial charge in [-0.25, -0.2) is 9.59 Å². The first-order valence-electron chi connectivity index (χ1n) is 27.0. The van der Waals surface area contributed by atoms with Crippen LogP contribution in [0.25, 0.3) is 0 Å². The van der Waals surface area contributed by atoms with Crippen LogP contribution >= 0.6 is 0 Å². The molecule has 14 N–H and O–H groups in total. The summed E-state index contributed by atoms with van der Waals surface area (Å²) in [6.45, 7) is -2.00. The molecule has 8 fully saturated rings. The van der Waals surface area contributed by atoms with Crippen molar-refractivity contribution in [3.63, 3.8) is 0 Å². The van der Waals surface area contributed by atoms with Gasteiger partial charge < -0.3 is 114 Å². The number of hydrogen-bond donors (Lipinski definition) is 14. The van der Waals surface area contributed by atoms with Crippen LogP contribution in [0.15, 0.2) is 24.3 Å². The van der Waals surface area contributed by atoms with E-state index >= 15 is 0 Å². The summed E-state index contributed by atoms with van der Waals surface area (Å²) in [6.07, 6.45) is -22.4. The van der Waals surface area contributed by atoms with Gasteiger partial charge in [0.25, 0.3) is 0 Å². The molecule has 76 heavy (non-hydrogen) atoms. The molecule has 0 amide bonds. The second-order valence-electron chi connectivity index (χ2n) is 22.2. The second kappa shape index (κ2) is 26.9. The maximum atomic E-state index is 13.0. The average molecular weight is 1090 g/mol. The number of ether oxygens (including phenoxy) is 9. The van der Waals surface area contributed by atoms with E-state index in [1.165, 1.54) is 12.2 Å². The SMILES string of the molecule is O=C(C=CC1CCC(O)C(O)C1)OC[C@H]1O[C@@H](O[C@H]2[C@H](OC3CC4C(CC(O)CC4O[C@@H]4O[C@H](CO)[C@@H](O)[C@H](O)[C@H]4O)OC3C3CCC(O)CC3)O[C@H](COC(=O)C=CC3CCC(O)CC3)[C@@H](O)[C@@H]2O)[C@H](O)[C@@H](O)[C@@H]1O. The van der Waals surface area contributed by atoms with Crippen molar-refractivity contribution in [3.8, 4) is 0 Å². The van der Waals surface area contributed by atoms with Crippen LogP contribution in [-0.4, -0.2) is 250 Å². The molecule has 24 atom stereocenters. The van der Waals surface area contributed by atoms with Crippen molar-refractivity contribution in [2.24, 2.45) is 23.7 Å². The summed E-state index contributed by atoms with van der Waals surface area (Å²) in [5.41, 5.74) is 0. The van der Waals surface area contributed by atoms with Crippen molar-refractivity contribution in [2.45, 2.75) is 237 Å². The van der Waals surface area contributed by atoms with Crippen molar-refractivity contribution < 1.29 is 124 Å². The zero-order valence-corrected chi connectivity index (χ0v) is 42.2. The van der Waals surface area contributed by atoms with E-state index < -0.39 is 185 Å². The van der Waals surface area contributed by atoms with Crippen molar-refractivity contribution in [3.05, 3.63) is 24.3 Å². The van der Waals surface area contributed by atoms with Gasteiger partial charge in [0.1, 0.15) is 86.5 Å². The van der Waals surface area contributed by atoms with E-state index in [1.54, 1.807) is 6.08 Å². The molecule has 4 aliphatic carbocycles. The van der Waals surface area contributed by atoms with E-state index in [0.29, 0.717) is 64.2 Å². The summed E-state index contributed by atoms with van der Waals surface area (Å²) in [5.74, 6) is -2.77. The molecule has 25 heteroatoms. The first-order chi connectivity index (χ1) is 36.3. The van der Waals surface area contributed by atoms with E-state index in [2.05, 4.69) is 0 Å². The fourth-order valence-electron chi connectivity index (χ4n) is 12.1. The zero-order valence-electron chi connectivity index (χ0n) is 42.2. The Labute approximate surface area is 439 Å². The van der Waals surface area contributed by atoms with Gasteiger partial charge in [-0.3, -0.25) is 0 Å². The van der Waals surface area contributed by atoms with Crippen molar-refractivity contribution in [1.29, 1.82) is 0 Å². The lowest BCUT2D eigenvalue weighted by atomic mass is 9.73. The molecule has 0 aromatic heterocycles. The topological polar surface area (TPSA) is 400 Å². The maximum Gasteiger partial charge on any atom is 0.330 e. The summed E-state index contributed by atoms with van der Waals surface area (Å²) in [6, 6.07) is 0. The Morgan fingerprint density at radius 1 is 0.447 bits per heavy atom. The quantitative estimate of drug-likeness (QED) is 0.0517. The predicted molar refractivity (Wildman–Crippen MR) is 253 cm³/mol. The highest BCUT2D eigenvalue weighted by atomic mass is 16.8. The maximum absolute atomic E-state index is 13.0. The van der Waals surface area contributed by atoms with Crippen molar-refractivity contribution in [2.75, 3.05) is 19.8 Å². The molecular formula is C51H80O25. The minimum Gasteiger partial charge on any atom is -0.460 e. The molecule has 434 valence electrons. The zero-order chi connectivity index (χ0) is 54.5. The molecule has 25 nitrogen and oxygen atoms in total. The van der Waals surface area contributed by atoms with Gasteiger partial charge in [-0.1, -0.05) is 12.2 Å².